The lowest BCUT2D eigenvalue weighted by Gasteiger charge is -2.08. The fourth-order valence-electron chi connectivity index (χ4n) is 1.29. The summed E-state index contributed by atoms with van der Waals surface area (Å²) in [5, 5.41) is 8.64. The Morgan fingerprint density at radius 2 is 2.25 bits per heavy atom. The SMILES string of the molecule is CCOc1ccc(/C(C)=C/C(=O)O)cc1Br. The first-order chi connectivity index (χ1) is 7.54. The van der Waals surface area contributed by atoms with Crippen LogP contribution in [0.2, 0.25) is 0 Å². The smallest absolute Gasteiger partial charge is 0.328 e. The molecule has 3 nitrogen and oxygen atoms in total. The lowest BCUT2D eigenvalue weighted by Crippen LogP contribution is -1.94. The Morgan fingerprint density at radius 1 is 1.56 bits per heavy atom. The summed E-state index contributed by atoms with van der Waals surface area (Å²) >= 11 is 3.38. The van der Waals surface area contributed by atoms with Gasteiger partial charge in [0, 0.05) is 6.08 Å². The van der Waals surface area contributed by atoms with E-state index in [-0.39, 0.29) is 0 Å². The van der Waals surface area contributed by atoms with Gasteiger partial charge in [-0.3, -0.25) is 0 Å². The van der Waals surface area contributed by atoms with Crippen LogP contribution in [-0.2, 0) is 4.79 Å². The van der Waals surface area contributed by atoms with Gasteiger partial charge in [0.1, 0.15) is 5.75 Å². The molecule has 0 aromatic heterocycles. The minimum atomic E-state index is -0.942. The minimum Gasteiger partial charge on any atom is -0.493 e. The number of ether oxygens (including phenoxy) is 1. The van der Waals surface area contributed by atoms with E-state index in [9.17, 15) is 4.79 Å². The Hall–Kier alpha value is -1.29. The molecule has 0 aliphatic heterocycles. The molecule has 1 aromatic rings. The van der Waals surface area contributed by atoms with Gasteiger partial charge in [-0.05, 0) is 53.0 Å². The van der Waals surface area contributed by atoms with Gasteiger partial charge in [0.15, 0.2) is 0 Å². The Balaban J connectivity index is 3.01. The number of hydrogen-bond donors (Lipinski definition) is 1. The second-order valence-corrected chi connectivity index (χ2v) is 4.10. The molecule has 0 aliphatic rings. The van der Waals surface area contributed by atoms with E-state index in [1.54, 1.807) is 6.92 Å². The largest absolute Gasteiger partial charge is 0.493 e. The molecule has 0 spiro atoms. The summed E-state index contributed by atoms with van der Waals surface area (Å²) in [6.45, 7) is 4.27. The third-order valence-corrected chi connectivity index (χ3v) is 2.65. The highest BCUT2D eigenvalue weighted by Gasteiger charge is 2.04. The summed E-state index contributed by atoms with van der Waals surface area (Å²) in [5.74, 6) is -0.183. The van der Waals surface area contributed by atoms with Gasteiger partial charge in [0.2, 0.25) is 0 Å². The van der Waals surface area contributed by atoms with E-state index in [0.717, 1.165) is 15.8 Å². The van der Waals surface area contributed by atoms with Gasteiger partial charge < -0.3 is 9.84 Å². The molecule has 86 valence electrons. The number of carboxylic acid groups (broad SMARTS) is 1. The quantitative estimate of drug-likeness (QED) is 0.863. The molecule has 0 atom stereocenters. The van der Waals surface area contributed by atoms with Crippen molar-refractivity contribution in [3.63, 3.8) is 0 Å². The maximum atomic E-state index is 10.5. The molecular formula is C12H13BrO3. The van der Waals surface area contributed by atoms with Crippen LogP contribution in [-0.4, -0.2) is 17.7 Å². The standard InChI is InChI=1S/C12H13BrO3/c1-3-16-11-5-4-9(7-10(11)13)8(2)6-12(14)15/h4-7H,3H2,1-2H3,(H,14,15)/b8-6+. The van der Waals surface area contributed by atoms with Crippen molar-refractivity contribution in [3.05, 3.63) is 34.3 Å². The third-order valence-electron chi connectivity index (χ3n) is 2.03. The maximum Gasteiger partial charge on any atom is 0.328 e. The summed E-state index contributed by atoms with van der Waals surface area (Å²) in [7, 11) is 0. The number of carboxylic acids is 1. The lowest BCUT2D eigenvalue weighted by molar-refractivity contribution is -0.131. The fraction of sp³-hybridized carbons (Fsp3) is 0.250. The van der Waals surface area contributed by atoms with Crippen molar-refractivity contribution in [2.45, 2.75) is 13.8 Å². The lowest BCUT2D eigenvalue weighted by atomic mass is 10.1. The number of benzene rings is 1. The summed E-state index contributed by atoms with van der Waals surface area (Å²) in [5.41, 5.74) is 1.56. The number of halogens is 1. The molecule has 1 N–H and O–H groups in total. The molecule has 16 heavy (non-hydrogen) atoms. The van der Waals surface area contributed by atoms with Crippen LogP contribution >= 0.6 is 15.9 Å². The Bertz CT molecular complexity index is 424. The van der Waals surface area contributed by atoms with E-state index in [1.165, 1.54) is 6.08 Å². The van der Waals surface area contributed by atoms with Crippen LogP contribution in [0.25, 0.3) is 5.57 Å². The molecule has 1 aromatic carbocycles. The van der Waals surface area contributed by atoms with E-state index in [1.807, 2.05) is 25.1 Å². The molecule has 0 bridgehead atoms. The first-order valence-electron chi connectivity index (χ1n) is 4.88. The van der Waals surface area contributed by atoms with Gasteiger partial charge in [-0.15, -0.1) is 0 Å². The number of allylic oxidation sites excluding steroid dienone is 1. The van der Waals surface area contributed by atoms with Crippen LogP contribution in [0.4, 0.5) is 0 Å². The Kier molecular flexibility index (Phi) is 4.55. The Morgan fingerprint density at radius 3 is 2.75 bits per heavy atom. The van der Waals surface area contributed by atoms with Crippen molar-refractivity contribution in [2.75, 3.05) is 6.61 Å². The molecule has 0 saturated carbocycles. The summed E-state index contributed by atoms with van der Waals surface area (Å²) in [4.78, 5) is 10.5. The van der Waals surface area contributed by atoms with Crippen molar-refractivity contribution >= 4 is 27.5 Å². The molecular weight excluding hydrogens is 272 g/mol. The second kappa shape index (κ2) is 5.70. The predicted molar refractivity (Wildman–Crippen MR) is 66.6 cm³/mol. The molecule has 0 heterocycles. The zero-order valence-electron chi connectivity index (χ0n) is 9.16. The van der Waals surface area contributed by atoms with Crippen molar-refractivity contribution in [1.82, 2.24) is 0 Å². The summed E-state index contributed by atoms with van der Waals surface area (Å²) < 4.78 is 6.19. The highest BCUT2D eigenvalue weighted by Crippen LogP contribution is 2.28. The van der Waals surface area contributed by atoms with Crippen LogP contribution in [0, 0.1) is 0 Å². The van der Waals surface area contributed by atoms with Crippen molar-refractivity contribution in [3.8, 4) is 5.75 Å². The number of hydrogen-bond acceptors (Lipinski definition) is 2. The molecule has 0 saturated heterocycles. The van der Waals surface area contributed by atoms with Gasteiger partial charge >= 0.3 is 5.97 Å². The third kappa shape index (κ3) is 3.38. The average molecular weight is 285 g/mol. The van der Waals surface area contributed by atoms with Crippen molar-refractivity contribution < 1.29 is 14.6 Å². The first-order valence-corrected chi connectivity index (χ1v) is 5.68. The molecule has 1 rings (SSSR count). The monoisotopic (exact) mass is 284 g/mol. The zero-order chi connectivity index (χ0) is 12.1. The minimum absolute atomic E-state index is 0.599. The van der Waals surface area contributed by atoms with Gasteiger partial charge in [-0.25, -0.2) is 4.79 Å². The van der Waals surface area contributed by atoms with Crippen LogP contribution in [0.5, 0.6) is 5.75 Å². The Labute approximate surface area is 103 Å². The van der Waals surface area contributed by atoms with Crippen molar-refractivity contribution in [2.24, 2.45) is 0 Å². The van der Waals surface area contributed by atoms with E-state index in [2.05, 4.69) is 15.9 Å². The highest BCUT2D eigenvalue weighted by molar-refractivity contribution is 9.10. The van der Waals surface area contributed by atoms with Gasteiger partial charge in [-0.1, -0.05) is 6.07 Å². The second-order valence-electron chi connectivity index (χ2n) is 3.24. The van der Waals surface area contributed by atoms with E-state index >= 15 is 0 Å². The van der Waals surface area contributed by atoms with Crippen LogP contribution in [0.1, 0.15) is 19.4 Å². The van der Waals surface area contributed by atoms with E-state index < -0.39 is 5.97 Å². The van der Waals surface area contributed by atoms with Crippen LogP contribution < -0.4 is 4.74 Å². The average Bonchev–Trinajstić information content (AvgIpc) is 2.20. The van der Waals surface area contributed by atoms with Gasteiger partial charge in [0.25, 0.3) is 0 Å². The molecule has 0 radical (unpaired) electrons. The van der Waals surface area contributed by atoms with Crippen LogP contribution in [0.15, 0.2) is 28.7 Å². The number of carbonyl (C=O) groups is 1. The number of rotatable bonds is 4. The highest BCUT2D eigenvalue weighted by atomic mass is 79.9. The van der Waals surface area contributed by atoms with Gasteiger partial charge in [-0.2, -0.15) is 0 Å². The number of aliphatic carboxylic acids is 1. The normalized spacial score (nSPS) is 11.3. The topological polar surface area (TPSA) is 46.5 Å². The molecule has 0 amide bonds. The summed E-state index contributed by atoms with van der Waals surface area (Å²) in [6, 6.07) is 5.51. The molecule has 0 unspecified atom stereocenters. The molecule has 0 fully saturated rings. The summed E-state index contributed by atoms with van der Waals surface area (Å²) in [6.07, 6.45) is 1.18. The first kappa shape index (κ1) is 12.8. The fourth-order valence-corrected chi connectivity index (χ4v) is 1.78. The molecule has 0 aliphatic carbocycles. The van der Waals surface area contributed by atoms with Crippen molar-refractivity contribution in [1.29, 1.82) is 0 Å². The predicted octanol–water partition coefficient (Wildman–Crippen LogP) is 3.34. The maximum absolute atomic E-state index is 10.5. The van der Waals surface area contributed by atoms with E-state index in [0.29, 0.717) is 12.2 Å². The zero-order valence-corrected chi connectivity index (χ0v) is 10.7. The van der Waals surface area contributed by atoms with Crippen LogP contribution in [0.3, 0.4) is 0 Å². The molecule has 4 heteroatoms. The van der Waals surface area contributed by atoms with Gasteiger partial charge in [0.05, 0.1) is 11.1 Å². The van der Waals surface area contributed by atoms with E-state index in [4.69, 9.17) is 9.84 Å².